The molecule has 0 N–H and O–H groups in total. The molecule has 2 aliphatic carbocycles. The smallest absolute Gasteiger partial charge is 0.196 e. The second-order valence-corrected chi connectivity index (χ2v) is 8.35. The number of rotatable bonds is 7. The van der Waals surface area contributed by atoms with Crippen molar-refractivity contribution >= 4 is 23.5 Å². The normalized spacial score (nSPS) is 23.9. The van der Waals surface area contributed by atoms with Gasteiger partial charge in [0.25, 0.3) is 0 Å². The number of carbonyl (C=O) groups is 2. The predicted octanol–water partition coefficient (Wildman–Crippen LogP) is 5.04. The fourth-order valence-corrected chi connectivity index (χ4v) is 4.44. The molecule has 4 rings (SSSR count). The number of thiol groups is 1. The van der Waals surface area contributed by atoms with E-state index in [2.05, 4.69) is 43.8 Å². The highest BCUT2D eigenvalue weighted by Gasteiger charge is 2.49. The van der Waals surface area contributed by atoms with Gasteiger partial charge in [0.15, 0.2) is 5.12 Å². The average Bonchev–Trinajstić information content (AvgIpc) is 3.56. The van der Waals surface area contributed by atoms with Gasteiger partial charge in [-0.15, -0.1) is 12.6 Å². The fourth-order valence-electron chi connectivity index (χ4n) is 4.08. The predicted molar refractivity (Wildman–Crippen MR) is 107 cm³/mol. The van der Waals surface area contributed by atoms with Crippen molar-refractivity contribution in [3.05, 3.63) is 71.3 Å². The first kappa shape index (κ1) is 17.5. The molecule has 0 bridgehead atoms. The lowest BCUT2D eigenvalue weighted by Crippen LogP contribution is -2.15. The van der Waals surface area contributed by atoms with Crippen LogP contribution in [0.3, 0.4) is 0 Å². The van der Waals surface area contributed by atoms with Crippen LogP contribution >= 0.6 is 12.6 Å². The van der Waals surface area contributed by atoms with Crippen molar-refractivity contribution in [1.82, 2.24) is 0 Å². The van der Waals surface area contributed by atoms with Crippen LogP contribution in [0.25, 0.3) is 0 Å². The molecule has 134 valence electrons. The molecule has 3 atom stereocenters. The molecule has 0 amide bonds. The quantitative estimate of drug-likeness (QED) is 0.698. The molecule has 26 heavy (non-hydrogen) atoms. The Bertz CT molecular complexity index is 838. The molecule has 0 spiro atoms. The van der Waals surface area contributed by atoms with E-state index < -0.39 is 0 Å². The monoisotopic (exact) mass is 364 g/mol. The summed E-state index contributed by atoms with van der Waals surface area (Å²) in [5.41, 5.74) is 3.11. The summed E-state index contributed by atoms with van der Waals surface area (Å²) in [4.78, 5) is 24.6. The Kier molecular flexibility index (Phi) is 4.52. The zero-order valence-electron chi connectivity index (χ0n) is 15.0. The lowest BCUT2D eigenvalue weighted by Gasteiger charge is -2.16. The molecule has 0 radical (unpaired) electrons. The molecular formula is C23H24O2S. The lowest BCUT2D eigenvalue weighted by molar-refractivity contribution is -0.120. The maximum absolute atomic E-state index is 12.7. The summed E-state index contributed by atoms with van der Waals surface area (Å²) in [6.45, 7) is 2.11. The first-order valence-corrected chi connectivity index (χ1v) is 9.87. The maximum Gasteiger partial charge on any atom is 0.196 e. The summed E-state index contributed by atoms with van der Waals surface area (Å²) in [7, 11) is 0. The number of carbonyl (C=O) groups excluding carboxylic acids is 2. The Balaban J connectivity index is 1.42. The fraction of sp³-hybridized carbons (Fsp3) is 0.391. The first-order valence-electron chi connectivity index (χ1n) is 9.43. The average molecular weight is 365 g/mol. The Morgan fingerprint density at radius 2 is 1.85 bits per heavy atom. The van der Waals surface area contributed by atoms with Crippen LogP contribution in [0.15, 0.2) is 54.6 Å². The van der Waals surface area contributed by atoms with Crippen LogP contribution in [0.4, 0.5) is 0 Å². The summed E-state index contributed by atoms with van der Waals surface area (Å²) in [6, 6.07) is 18.5. The third kappa shape index (κ3) is 3.25. The number of Topliss-reactive ketones (excluding diaryl/α,β-unsaturated/α-hetero) is 1. The highest BCUT2D eigenvalue weighted by atomic mass is 32.1. The van der Waals surface area contributed by atoms with Crippen LogP contribution in [0.5, 0.6) is 0 Å². The summed E-state index contributed by atoms with van der Waals surface area (Å²) in [5.74, 6) is 1.11. The molecule has 2 aliphatic rings. The van der Waals surface area contributed by atoms with Gasteiger partial charge in [-0.3, -0.25) is 9.59 Å². The van der Waals surface area contributed by atoms with E-state index >= 15 is 0 Å². The van der Waals surface area contributed by atoms with E-state index in [-0.39, 0.29) is 22.4 Å². The highest BCUT2D eigenvalue weighted by Crippen LogP contribution is 2.51. The van der Waals surface area contributed by atoms with Crippen LogP contribution in [-0.4, -0.2) is 10.9 Å². The summed E-state index contributed by atoms with van der Waals surface area (Å²) >= 11 is 4.08. The number of hydrogen-bond acceptors (Lipinski definition) is 2. The maximum atomic E-state index is 12.7. The van der Waals surface area contributed by atoms with Gasteiger partial charge in [0.2, 0.25) is 0 Å². The van der Waals surface area contributed by atoms with Crippen LogP contribution in [-0.2, 0) is 15.0 Å². The molecule has 2 fully saturated rings. The SMILES string of the molecule is C[C@@H](CC(=O)C1CC1c1ccccc1)c1cccc(C2(C(=O)S)CC2)c1. The van der Waals surface area contributed by atoms with E-state index in [1.807, 2.05) is 30.3 Å². The molecule has 0 saturated heterocycles. The van der Waals surface area contributed by atoms with Crippen LogP contribution in [0.1, 0.15) is 61.1 Å². The third-order valence-electron chi connectivity index (χ3n) is 6.11. The van der Waals surface area contributed by atoms with Crippen molar-refractivity contribution in [2.75, 3.05) is 0 Å². The van der Waals surface area contributed by atoms with E-state index in [1.165, 1.54) is 5.56 Å². The Morgan fingerprint density at radius 1 is 1.12 bits per heavy atom. The first-order chi connectivity index (χ1) is 12.5. The Hall–Kier alpha value is -1.87. The van der Waals surface area contributed by atoms with Gasteiger partial charge in [-0.2, -0.15) is 0 Å². The third-order valence-corrected chi connectivity index (χ3v) is 6.53. The zero-order valence-corrected chi connectivity index (χ0v) is 15.9. The van der Waals surface area contributed by atoms with Gasteiger partial charge >= 0.3 is 0 Å². The number of ketones is 1. The molecule has 2 unspecified atom stereocenters. The van der Waals surface area contributed by atoms with Gasteiger partial charge in [0, 0.05) is 12.3 Å². The van der Waals surface area contributed by atoms with Crippen molar-refractivity contribution in [2.45, 2.75) is 49.9 Å². The van der Waals surface area contributed by atoms with Gasteiger partial charge in [-0.05, 0) is 47.8 Å². The molecule has 3 heteroatoms. The molecule has 0 aromatic heterocycles. The van der Waals surface area contributed by atoms with E-state index in [4.69, 9.17) is 0 Å². The Labute approximate surface area is 160 Å². The van der Waals surface area contributed by atoms with Crippen molar-refractivity contribution in [2.24, 2.45) is 5.92 Å². The van der Waals surface area contributed by atoms with E-state index in [0.29, 0.717) is 18.1 Å². The van der Waals surface area contributed by atoms with E-state index in [9.17, 15) is 9.59 Å². The van der Waals surface area contributed by atoms with Crippen LogP contribution in [0, 0.1) is 5.92 Å². The standard InChI is InChI=1S/C23H24O2S/c1-15(12-21(24)20-14-19(20)16-6-3-2-4-7-16)17-8-5-9-18(13-17)23(10-11-23)22(25)26/h2-9,13,15,19-20H,10-12,14H2,1H3,(H,25,26)/t15-,19?,20?/m0/s1. The minimum Gasteiger partial charge on any atom is -0.299 e. The van der Waals surface area contributed by atoms with E-state index in [0.717, 1.165) is 30.4 Å². The van der Waals surface area contributed by atoms with Gasteiger partial charge in [-0.1, -0.05) is 61.5 Å². The van der Waals surface area contributed by atoms with Gasteiger partial charge in [-0.25, -0.2) is 0 Å². The topological polar surface area (TPSA) is 34.1 Å². The Morgan fingerprint density at radius 3 is 2.50 bits per heavy atom. The number of benzene rings is 2. The molecule has 2 aromatic rings. The van der Waals surface area contributed by atoms with Crippen LogP contribution in [0.2, 0.25) is 0 Å². The molecule has 2 aromatic carbocycles. The van der Waals surface area contributed by atoms with E-state index in [1.54, 1.807) is 0 Å². The molecule has 0 aliphatic heterocycles. The number of hydrogen-bond donors (Lipinski definition) is 1. The summed E-state index contributed by atoms with van der Waals surface area (Å²) < 4.78 is 0. The lowest BCUT2D eigenvalue weighted by atomic mass is 9.89. The highest BCUT2D eigenvalue weighted by molar-refractivity contribution is 7.96. The van der Waals surface area contributed by atoms with Crippen molar-refractivity contribution in [3.8, 4) is 0 Å². The van der Waals surface area contributed by atoms with Crippen LogP contribution < -0.4 is 0 Å². The minimum absolute atomic E-state index is 0.0398. The van der Waals surface area contributed by atoms with Gasteiger partial charge in [0.05, 0.1) is 5.41 Å². The summed E-state index contributed by atoms with van der Waals surface area (Å²) in [6.07, 6.45) is 3.31. The summed E-state index contributed by atoms with van der Waals surface area (Å²) in [5, 5.41) is -0.0398. The molecule has 0 heterocycles. The van der Waals surface area contributed by atoms with Crippen molar-refractivity contribution < 1.29 is 9.59 Å². The van der Waals surface area contributed by atoms with Crippen molar-refractivity contribution in [1.29, 1.82) is 0 Å². The largest absolute Gasteiger partial charge is 0.299 e. The second kappa shape index (κ2) is 6.70. The van der Waals surface area contributed by atoms with Gasteiger partial charge in [0.1, 0.15) is 5.78 Å². The molecular weight excluding hydrogens is 340 g/mol. The molecule has 2 nitrogen and oxygen atoms in total. The molecule has 2 saturated carbocycles. The minimum atomic E-state index is -0.377. The van der Waals surface area contributed by atoms with Crippen molar-refractivity contribution in [3.63, 3.8) is 0 Å². The second-order valence-electron chi connectivity index (χ2n) is 7.94. The zero-order chi connectivity index (χ0) is 18.3. The van der Waals surface area contributed by atoms with Gasteiger partial charge < -0.3 is 0 Å².